The Balaban J connectivity index is 2.35. The average molecular weight is 233 g/mol. The van der Waals surface area contributed by atoms with Crippen LogP contribution >= 0.6 is 11.7 Å². The maximum absolute atomic E-state index is 5.92. The molecule has 1 atom stereocenters. The smallest absolute Gasteiger partial charge is 0.147 e. The van der Waals surface area contributed by atoms with Gasteiger partial charge < -0.3 is 10.6 Å². The topological polar surface area (TPSA) is 67.9 Å². The van der Waals surface area contributed by atoms with E-state index < -0.39 is 0 Å². The van der Waals surface area contributed by atoms with E-state index in [-0.39, 0.29) is 6.04 Å². The van der Waals surface area contributed by atoms with Gasteiger partial charge >= 0.3 is 0 Å². The molecule has 6 heteroatoms. The number of nitrogens with zero attached hydrogens (tertiary/aromatic N) is 4. The first-order chi connectivity index (χ1) is 7.70. The molecular formula is C10H11N5S. The van der Waals surface area contributed by atoms with Crippen LogP contribution in [-0.4, -0.2) is 20.8 Å². The minimum Gasteiger partial charge on any atom is -0.382 e. The minimum absolute atomic E-state index is 0.188. The Bertz CT molecular complexity index is 550. The molecule has 0 spiro atoms. The van der Waals surface area contributed by atoms with Crippen molar-refractivity contribution in [1.29, 1.82) is 0 Å². The summed E-state index contributed by atoms with van der Waals surface area (Å²) < 4.78 is 8.69. The summed E-state index contributed by atoms with van der Waals surface area (Å²) in [5.74, 6) is 0.547. The summed E-state index contributed by atoms with van der Waals surface area (Å²) in [6.07, 6.45) is 1.71. The van der Waals surface area contributed by atoms with Gasteiger partial charge in [-0.2, -0.15) is 8.75 Å². The SMILES string of the molecule is CC1c2nsnc2-c2ccnc(N)c2N1C. The van der Waals surface area contributed by atoms with E-state index in [9.17, 15) is 0 Å². The molecule has 2 aromatic rings. The fourth-order valence-electron chi connectivity index (χ4n) is 2.07. The van der Waals surface area contributed by atoms with Gasteiger partial charge in [0.25, 0.3) is 0 Å². The highest BCUT2D eigenvalue weighted by atomic mass is 32.1. The van der Waals surface area contributed by atoms with Crippen LogP contribution < -0.4 is 10.6 Å². The molecule has 3 heterocycles. The largest absolute Gasteiger partial charge is 0.382 e. The summed E-state index contributed by atoms with van der Waals surface area (Å²) in [5.41, 5.74) is 9.86. The van der Waals surface area contributed by atoms with Gasteiger partial charge in [0, 0.05) is 18.8 Å². The van der Waals surface area contributed by atoms with Crippen molar-refractivity contribution in [1.82, 2.24) is 13.7 Å². The molecule has 82 valence electrons. The van der Waals surface area contributed by atoms with Crippen LogP contribution in [0.1, 0.15) is 18.7 Å². The molecular weight excluding hydrogens is 222 g/mol. The van der Waals surface area contributed by atoms with Gasteiger partial charge in [0.15, 0.2) is 0 Å². The molecule has 3 rings (SSSR count). The molecule has 0 amide bonds. The first-order valence-electron chi connectivity index (χ1n) is 5.00. The number of fused-ring (bicyclic) bond motifs is 3. The molecule has 1 unspecified atom stereocenters. The summed E-state index contributed by atoms with van der Waals surface area (Å²) in [6, 6.07) is 2.13. The van der Waals surface area contributed by atoms with Crippen LogP contribution in [0.3, 0.4) is 0 Å². The second-order valence-corrected chi connectivity index (χ2v) is 4.41. The zero-order valence-electron chi connectivity index (χ0n) is 9.01. The standard InChI is InChI=1S/C10H11N5S/c1-5-7-8(14-16-13-7)6-3-4-12-10(11)9(6)15(5)2/h3-5H,1-2H3,(H2,11,12). The Morgan fingerprint density at radius 2 is 2.25 bits per heavy atom. The second kappa shape index (κ2) is 3.15. The summed E-state index contributed by atoms with van der Waals surface area (Å²) in [6.45, 7) is 2.09. The summed E-state index contributed by atoms with van der Waals surface area (Å²) in [7, 11) is 2.00. The molecule has 1 aliphatic rings. The molecule has 0 aromatic carbocycles. The molecule has 16 heavy (non-hydrogen) atoms. The van der Waals surface area contributed by atoms with Gasteiger partial charge in [-0.05, 0) is 13.0 Å². The lowest BCUT2D eigenvalue weighted by molar-refractivity contribution is 0.714. The van der Waals surface area contributed by atoms with Gasteiger partial charge in [-0.25, -0.2) is 4.98 Å². The highest BCUT2D eigenvalue weighted by Crippen LogP contribution is 2.44. The second-order valence-electron chi connectivity index (χ2n) is 3.88. The highest BCUT2D eigenvalue weighted by Gasteiger charge is 2.30. The lowest BCUT2D eigenvalue weighted by atomic mass is 9.99. The van der Waals surface area contributed by atoms with E-state index in [0.29, 0.717) is 5.82 Å². The summed E-state index contributed by atoms with van der Waals surface area (Å²) in [5, 5.41) is 0. The first-order valence-corrected chi connectivity index (χ1v) is 5.73. The maximum Gasteiger partial charge on any atom is 0.147 e. The summed E-state index contributed by atoms with van der Waals surface area (Å²) in [4.78, 5) is 6.22. The van der Waals surface area contributed by atoms with Crippen LogP contribution in [0, 0.1) is 0 Å². The van der Waals surface area contributed by atoms with Crippen molar-refractivity contribution in [3.05, 3.63) is 18.0 Å². The van der Waals surface area contributed by atoms with Crippen LogP contribution in [0.2, 0.25) is 0 Å². The number of hydrogen-bond acceptors (Lipinski definition) is 6. The Morgan fingerprint density at radius 3 is 3.06 bits per heavy atom. The van der Waals surface area contributed by atoms with Crippen LogP contribution in [0.4, 0.5) is 11.5 Å². The number of hydrogen-bond donors (Lipinski definition) is 1. The molecule has 0 fully saturated rings. The molecule has 2 aromatic heterocycles. The fourth-order valence-corrected chi connectivity index (χ4v) is 2.71. The van der Waals surface area contributed by atoms with Gasteiger partial charge in [-0.15, -0.1) is 0 Å². The van der Waals surface area contributed by atoms with Crippen LogP contribution in [0.15, 0.2) is 12.3 Å². The van der Waals surface area contributed by atoms with Crippen molar-refractivity contribution in [3.8, 4) is 11.3 Å². The molecule has 2 N–H and O–H groups in total. The van der Waals surface area contributed by atoms with E-state index >= 15 is 0 Å². The van der Waals surface area contributed by atoms with E-state index in [0.717, 1.165) is 22.6 Å². The molecule has 0 saturated carbocycles. The molecule has 0 aliphatic carbocycles. The minimum atomic E-state index is 0.188. The average Bonchev–Trinajstić information content (AvgIpc) is 2.74. The normalized spacial score (nSPS) is 18.1. The Labute approximate surface area is 97.3 Å². The highest BCUT2D eigenvalue weighted by molar-refractivity contribution is 6.99. The predicted octanol–water partition coefficient (Wildman–Crippen LogP) is 1.69. The van der Waals surface area contributed by atoms with Crippen molar-refractivity contribution in [2.45, 2.75) is 13.0 Å². The lowest BCUT2D eigenvalue weighted by Gasteiger charge is -2.32. The van der Waals surface area contributed by atoms with E-state index in [1.54, 1.807) is 6.20 Å². The van der Waals surface area contributed by atoms with Gasteiger partial charge in [0.1, 0.15) is 17.2 Å². The van der Waals surface area contributed by atoms with Crippen molar-refractivity contribution in [2.75, 3.05) is 17.7 Å². The molecule has 1 aliphatic heterocycles. The van der Waals surface area contributed by atoms with Crippen LogP contribution in [-0.2, 0) is 0 Å². The zero-order chi connectivity index (χ0) is 11.3. The Hall–Kier alpha value is -1.69. The Kier molecular flexibility index (Phi) is 1.88. The van der Waals surface area contributed by atoms with Crippen molar-refractivity contribution in [3.63, 3.8) is 0 Å². The van der Waals surface area contributed by atoms with E-state index in [1.165, 1.54) is 11.7 Å². The first kappa shape index (κ1) is 9.53. The molecule has 0 bridgehead atoms. The zero-order valence-corrected chi connectivity index (χ0v) is 9.82. The fraction of sp³-hybridized carbons (Fsp3) is 0.300. The number of nitrogens with two attached hydrogens (primary N) is 1. The molecule has 0 radical (unpaired) electrons. The van der Waals surface area contributed by atoms with Crippen molar-refractivity contribution < 1.29 is 0 Å². The van der Waals surface area contributed by atoms with E-state index in [2.05, 4.69) is 25.6 Å². The van der Waals surface area contributed by atoms with Gasteiger partial charge in [-0.3, -0.25) is 0 Å². The van der Waals surface area contributed by atoms with Crippen molar-refractivity contribution in [2.24, 2.45) is 0 Å². The monoisotopic (exact) mass is 233 g/mol. The third kappa shape index (κ3) is 1.07. The maximum atomic E-state index is 5.92. The van der Waals surface area contributed by atoms with E-state index in [1.807, 2.05) is 13.1 Å². The third-order valence-corrected chi connectivity index (χ3v) is 3.59. The van der Waals surface area contributed by atoms with Crippen LogP contribution in [0.25, 0.3) is 11.3 Å². The number of anilines is 2. The summed E-state index contributed by atoms with van der Waals surface area (Å²) >= 11 is 1.24. The third-order valence-electron chi connectivity index (χ3n) is 3.05. The molecule has 0 saturated heterocycles. The predicted molar refractivity (Wildman–Crippen MR) is 64.4 cm³/mol. The molecule has 5 nitrogen and oxygen atoms in total. The van der Waals surface area contributed by atoms with Gasteiger partial charge in [-0.1, -0.05) is 0 Å². The lowest BCUT2D eigenvalue weighted by Crippen LogP contribution is -2.27. The van der Waals surface area contributed by atoms with Gasteiger partial charge in [0.05, 0.1) is 23.5 Å². The number of aromatic nitrogens is 3. The Morgan fingerprint density at radius 1 is 1.44 bits per heavy atom. The van der Waals surface area contributed by atoms with E-state index in [4.69, 9.17) is 5.73 Å². The van der Waals surface area contributed by atoms with Crippen LogP contribution in [0.5, 0.6) is 0 Å². The van der Waals surface area contributed by atoms with Gasteiger partial charge in [0.2, 0.25) is 0 Å². The number of nitrogen functional groups attached to an aromatic ring is 1. The number of rotatable bonds is 0. The number of pyridine rings is 1. The van der Waals surface area contributed by atoms with Crippen molar-refractivity contribution >= 4 is 23.2 Å². The quantitative estimate of drug-likeness (QED) is 0.750.